The third-order valence-corrected chi connectivity index (χ3v) is 12.0. The summed E-state index contributed by atoms with van der Waals surface area (Å²) in [6, 6.07) is 0. The van der Waals surface area contributed by atoms with Crippen molar-refractivity contribution in [1.82, 2.24) is 0 Å². The Balaban J connectivity index is 1.42. The molecular weight excluding hydrogens is 400 g/mol. The van der Waals surface area contributed by atoms with Crippen LogP contribution >= 0.6 is 0 Å². The van der Waals surface area contributed by atoms with E-state index >= 15 is 0 Å². The number of hydrogen-bond acceptors (Lipinski definition) is 4. The molecule has 0 aliphatic heterocycles. The van der Waals surface area contributed by atoms with Crippen molar-refractivity contribution in [1.29, 1.82) is 0 Å². The molecule has 0 radical (unpaired) electrons. The zero-order valence-electron chi connectivity index (χ0n) is 21.3. The Morgan fingerprint density at radius 3 is 2.16 bits per heavy atom. The molecule has 4 heteroatoms. The van der Waals surface area contributed by atoms with Crippen molar-refractivity contribution >= 4 is 0 Å². The van der Waals surface area contributed by atoms with Crippen LogP contribution in [0.2, 0.25) is 0 Å². The molecule has 0 amide bonds. The minimum absolute atomic E-state index is 0.396. The van der Waals surface area contributed by atoms with Crippen molar-refractivity contribution in [2.75, 3.05) is 0 Å². The lowest BCUT2D eigenvalue weighted by Crippen LogP contribution is -2.56. The van der Waals surface area contributed by atoms with E-state index < -0.39 is 17.5 Å². The van der Waals surface area contributed by atoms with Gasteiger partial charge in [0.2, 0.25) is 0 Å². The fourth-order valence-electron chi connectivity index (χ4n) is 9.60. The lowest BCUT2D eigenvalue weighted by atomic mass is 9.44. The molecule has 0 aromatic rings. The SMILES string of the molecule is C[C@H](CC[C@H](C)C(C)(O)C(O)(O)O)[C@H]1CC[C@H]2[C@@H]3CCC4CCCC[C@]4(C)[C@H]3CC[C@]12C. The Hall–Kier alpha value is -0.160. The molecule has 4 N–H and O–H groups in total. The van der Waals surface area contributed by atoms with Gasteiger partial charge in [-0.15, -0.1) is 0 Å². The molecule has 4 saturated carbocycles. The predicted octanol–water partition coefficient (Wildman–Crippen LogP) is 5.47. The molecule has 4 fully saturated rings. The second-order valence-corrected chi connectivity index (χ2v) is 13.4. The van der Waals surface area contributed by atoms with E-state index in [-0.39, 0.29) is 0 Å². The van der Waals surface area contributed by atoms with E-state index in [9.17, 15) is 20.4 Å². The van der Waals surface area contributed by atoms with Crippen LogP contribution in [0, 0.1) is 52.3 Å². The van der Waals surface area contributed by atoms with Gasteiger partial charge in [0.25, 0.3) is 0 Å². The van der Waals surface area contributed by atoms with E-state index in [1.54, 1.807) is 6.92 Å². The summed E-state index contributed by atoms with van der Waals surface area (Å²) in [5.41, 5.74) is -0.904. The van der Waals surface area contributed by atoms with E-state index in [0.717, 1.165) is 30.1 Å². The molecule has 0 heterocycles. The average Bonchev–Trinajstić information content (AvgIpc) is 3.07. The predicted molar refractivity (Wildman–Crippen MR) is 127 cm³/mol. The molecule has 0 aromatic carbocycles. The Bertz CT molecular complexity index is 669. The Morgan fingerprint density at radius 1 is 0.781 bits per heavy atom. The van der Waals surface area contributed by atoms with Gasteiger partial charge in [-0.3, -0.25) is 0 Å². The van der Waals surface area contributed by atoms with Crippen LogP contribution in [0.25, 0.3) is 0 Å². The molecule has 4 aliphatic carbocycles. The third-order valence-electron chi connectivity index (χ3n) is 12.0. The molecule has 10 atom stereocenters. The summed E-state index contributed by atoms with van der Waals surface area (Å²) in [6.07, 6.45) is 15.9. The van der Waals surface area contributed by atoms with E-state index in [0.29, 0.717) is 29.1 Å². The van der Waals surface area contributed by atoms with Crippen LogP contribution in [0.5, 0.6) is 0 Å². The molecule has 0 saturated heterocycles. The first-order valence-electron chi connectivity index (χ1n) is 13.7. The number of rotatable bonds is 6. The van der Waals surface area contributed by atoms with E-state index in [1.165, 1.54) is 71.1 Å². The van der Waals surface area contributed by atoms with Crippen LogP contribution in [0.15, 0.2) is 0 Å². The molecule has 2 unspecified atom stereocenters. The summed E-state index contributed by atoms with van der Waals surface area (Å²) >= 11 is 0. The Labute approximate surface area is 196 Å². The van der Waals surface area contributed by atoms with Crippen molar-refractivity contribution < 1.29 is 20.4 Å². The van der Waals surface area contributed by atoms with Crippen LogP contribution in [-0.4, -0.2) is 32.0 Å². The zero-order valence-corrected chi connectivity index (χ0v) is 21.3. The molecule has 4 aliphatic rings. The third kappa shape index (κ3) is 3.89. The molecule has 32 heavy (non-hydrogen) atoms. The molecule has 186 valence electrons. The van der Waals surface area contributed by atoms with Gasteiger partial charge in [0.1, 0.15) is 5.60 Å². The monoisotopic (exact) mass is 450 g/mol. The highest BCUT2D eigenvalue weighted by Crippen LogP contribution is 2.68. The minimum atomic E-state index is -3.06. The van der Waals surface area contributed by atoms with Gasteiger partial charge >= 0.3 is 5.97 Å². The van der Waals surface area contributed by atoms with Gasteiger partial charge in [0.15, 0.2) is 0 Å². The molecule has 0 bridgehead atoms. The summed E-state index contributed by atoms with van der Waals surface area (Å²) in [5.74, 6) is 1.51. The van der Waals surface area contributed by atoms with Crippen molar-refractivity contribution in [3.05, 3.63) is 0 Å². The highest BCUT2D eigenvalue weighted by Gasteiger charge is 2.60. The second kappa shape index (κ2) is 8.50. The maximum Gasteiger partial charge on any atom is 0.305 e. The maximum absolute atomic E-state index is 10.4. The van der Waals surface area contributed by atoms with Gasteiger partial charge < -0.3 is 20.4 Å². The fourth-order valence-corrected chi connectivity index (χ4v) is 9.60. The van der Waals surface area contributed by atoms with Crippen molar-refractivity contribution in [2.24, 2.45) is 52.3 Å². The van der Waals surface area contributed by atoms with Gasteiger partial charge in [0.05, 0.1) is 0 Å². The summed E-state index contributed by atoms with van der Waals surface area (Å²) in [5, 5.41) is 39.1. The van der Waals surface area contributed by atoms with Crippen LogP contribution in [-0.2, 0) is 0 Å². The van der Waals surface area contributed by atoms with Crippen LogP contribution < -0.4 is 0 Å². The van der Waals surface area contributed by atoms with Gasteiger partial charge in [-0.1, -0.05) is 47.0 Å². The van der Waals surface area contributed by atoms with Gasteiger partial charge in [0, 0.05) is 0 Å². The summed E-state index contributed by atoms with van der Waals surface area (Å²) in [6.45, 7) is 10.7. The Morgan fingerprint density at radius 2 is 1.47 bits per heavy atom. The van der Waals surface area contributed by atoms with Gasteiger partial charge in [-0.25, -0.2) is 0 Å². The molecule has 0 spiro atoms. The standard InChI is InChI=1S/C28H50O4/c1-18(9-10-19(2)27(5,29)28(30,31)32)22-13-14-23-21-12-11-20-8-6-7-16-25(20,3)24(21)15-17-26(22,23)4/h18-24,29-32H,6-17H2,1-5H3/t18-,19+,20?,21+,22-,23+,24+,25+,26-,27?/m1/s1. The lowest BCUT2D eigenvalue weighted by Gasteiger charge is -2.61. The maximum atomic E-state index is 10.4. The summed E-state index contributed by atoms with van der Waals surface area (Å²) in [7, 11) is 0. The largest absolute Gasteiger partial charge is 0.381 e. The first-order valence-corrected chi connectivity index (χ1v) is 13.7. The van der Waals surface area contributed by atoms with Crippen LogP contribution in [0.3, 0.4) is 0 Å². The second-order valence-electron chi connectivity index (χ2n) is 13.4. The number of fused-ring (bicyclic) bond motifs is 5. The first kappa shape index (κ1) is 24.9. The number of hydrogen-bond donors (Lipinski definition) is 4. The summed E-state index contributed by atoms with van der Waals surface area (Å²) < 4.78 is 0. The van der Waals surface area contributed by atoms with E-state index in [2.05, 4.69) is 20.8 Å². The minimum Gasteiger partial charge on any atom is -0.381 e. The average molecular weight is 451 g/mol. The van der Waals surface area contributed by atoms with E-state index in [1.807, 2.05) is 0 Å². The highest BCUT2D eigenvalue weighted by molar-refractivity contribution is 5.09. The molecular formula is C28H50O4. The summed E-state index contributed by atoms with van der Waals surface area (Å²) in [4.78, 5) is 0. The quantitative estimate of drug-likeness (QED) is 0.405. The topological polar surface area (TPSA) is 80.9 Å². The van der Waals surface area contributed by atoms with Crippen molar-refractivity contribution in [3.8, 4) is 0 Å². The molecule has 4 rings (SSSR count). The molecule has 4 nitrogen and oxygen atoms in total. The fraction of sp³-hybridized carbons (Fsp3) is 1.00. The van der Waals surface area contributed by atoms with E-state index in [4.69, 9.17) is 0 Å². The molecule has 0 aromatic heterocycles. The van der Waals surface area contributed by atoms with Crippen molar-refractivity contribution in [3.63, 3.8) is 0 Å². The lowest BCUT2D eigenvalue weighted by molar-refractivity contribution is -0.396. The Kier molecular flexibility index (Phi) is 6.63. The van der Waals surface area contributed by atoms with Gasteiger partial charge in [-0.05, 0) is 117 Å². The van der Waals surface area contributed by atoms with Crippen LogP contribution in [0.1, 0.15) is 112 Å². The van der Waals surface area contributed by atoms with Crippen LogP contribution in [0.4, 0.5) is 0 Å². The van der Waals surface area contributed by atoms with Crippen molar-refractivity contribution in [2.45, 2.75) is 123 Å². The smallest absolute Gasteiger partial charge is 0.305 e. The first-order chi connectivity index (χ1) is 14.8. The van der Waals surface area contributed by atoms with Gasteiger partial charge in [-0.2, -0.15) is 0 Å². The normalized spacial score (nSPS) is 45.8. The highest BCUT2D eigenvalue weighted by atomic mass is 16.7. The number of aliphatic hydroxyl groups is 4. The zero-order chi connectivity index (χ0) is 23.5.